The topological polar surface area (TPSA) is 33.1 Å². The second-order valence-corrected chi connectivity index (χ2v) is 5.62. The largest absolute Gasteiger partial charge is 0.385 e. The van der Waals surface area contributed by atoms with Crippen LogP contribution in [0.3, 0.4) is 0 Å². The minimum absolute atomic E-state index is 0.469. The maximum absolute atomic E-state index is 10.7. The van der Waals surface area contributed by atoms with Gasteiger partial charge in [-0.05, 0) is 49.1 Å². The highest BCUT2D eigenvalue weighted by molar-refractivity contribution is 6.31. The van der Waals surface area contributed by atoms with Crippen LogP contribution in [0.15, 0.2) is 36.7 Å². The highest BCUT2D eigenvalue weighted by Gasteiger charge is 2.24. The highest BCUT2D eigenvalue weighted by atomic mass is 35.5. The van der Waals surface area contributed by atoms with Crippen molar-refractivity contribution in [3.8, 4) is 0 Å². The minimum Gasteiger partial charge on any atom is -0.385 e. The average molecular weight is 276 g/mol. The molecule has 0 radical (unpaired) electrons. The van der Waals surface area contributed by atoms with Crippen LogP contribution in [0.5, 0.6) is 0 Å². The predicted octanol–water partition coefficient (Wildman–Crippen LogP) is 3.80. The summed E-state index contributed by atoms with van der Waals surface area (Å²) < 4.78 is 0. The van der Waals surface area contributed by atoms with Crippen molar-refractivity contribution in [3.05, 3.63) is 63.9 Å². The van der Waals surface area contributed by atoms with Gasteiger partial charge in [-0.1, -0.05) is 29.8 Å². The zero-order valence-electron chi connectivity index (χ0n) is 11.4. The van der Waals surface area contributed by atoms with Crippen LogP contribution in [0.25, 0.3) is 0 Å². The van der Waals surface area contributed by atoms with Crippen molar-refractivity contribution in [1.29, 1.82) is 0 Å². The first kappa shape index (κ1) is 14.0. The standard InChI is InChI=1S/C16H18ClNO/c1-11-4-5-14(8-12(11)2)16(3,19)9-13-6-7-18-10-15(13)17/h4-8,10,19H,9H2,1-3H3. The first-order chi connectivity index (χ1) is 8.90. The summed E-state index contributed by atoms with van der Waals surface area (Å²) in [6, 6.07) is 7.88. The zero-order valence-corrected chi connectivity index (χ0v) is 12.2. The van der Waals surface area contributed by atoms with E-state index in [1.165, 1.54) is 11.1 Å². The summed E-state index contributed by atoms with van der Waals surface area (Å²) in [6.45, 7) is 5.93. The molecule has 2 rings (SSSR count). The van der Waals surface area contributed by atoms with Gasteiger partial charge in [0.2, 0.25) is 0 Å². The molecule has 0 saturated carbocycles. The molecule has 19 heavy (non-hydrogen) atoms. The van der Waals surface area contributed by atoms with Crippen LogP contribution >= 0.6 is 11.6 Å². The first-order valence-electron chi connectivity index (χ1n) is 6.28. The Hall–Kier alpha value is -1.38. The van der Waals surface area contributed by atoms with Gasteiger partial charge in [0.25, 0.3) is 0 Å². The van der Waals surface area contributed by atoms with E-state index in [4.69, 9.17) is 11.6 Å². The molecule has 0 aliphatic heterocycles. The molecule has 0 spiro atoms. The Labute approximate surface area is 119 Å². The lowest BCUT2D eigenvalue weighted by Crippen LogP contribution is -2.24. The van der Waals surface area contributed by atoms with Crippen LogP contribution in [0, 0.1) is 13.8 Å². The van der Waals surface area contributed by atoms with Crippen LogP contribution in [0.4, 0.5) is 0 Å². The molecular weight excluding hydrogens is 258 g/mol. The van der Waals surface area contributed by atoms with E-state index >= 15 is 0 Å². The number of pyridine rings is 1. The van der Waals surface area contributed by atoms with E-state index in [0.29, 0.717) is 11.4 Å². The van der Waals surface area contributed by atoms with E-state index in [-0.39, 0.29) is 0 Å². The number of halogens is 1. The maximum Gasteiger partial charge on any atom is 0.0909 e. The summed E-state index contributed by atoms with van der Waals surface area (Å²) in [5, 5.41) is 11.3. The van der Waals surface area contributed by atoms with Crippen LogP contribution in [0.1, 0.15) is 29.2 Å². The SMILES string of the molecule is Cc1ccc(C(C)(O)Cc2ccncc2Cl)cc1C. The second-order valence-electron chi connectivity index (χ2n) is 5.22. The molecule has 1 heterocycles. The van der Waals surface area contributed by atoms with E-state index < -0.39 is 5.60 Å². The smallest absolute Gasteiger partial charge is 0.0909 e. The van der Waals surface area contributed by atoms with Gasteiger partial charge in [-0.15, -0.1) is 0 Å². The molecule has 1 atom stereocenters. The Morgan fingerprint density at radius 3 is 2.58 bits per heavy atom. The van der Waals surface area contributed by atoms with Gasteiger partial charge >= 0.3 is 0 Å². The van der Waals surface area contributed by atoms with Gasteiger partial charge in [0, 0.05) is 18.8 Å². The molecule has 1 N–H and O–H groups in total. The summed E-state index contributed by atoms with van der Waals surface area (Å²) in [7, 11) is 0. The molecule has 0 amide bonds. The monoisotopic (exact) mass is 275 g/mol. The summed E-state index contributed by atoms with van der Waals surface area (Å²) >= 11 is 6.10. The third kappa shape index (κ3) is 3.14. The van der Waals surface area contributed by atoms with E-state index in [0.717, 1.165) is 11.1 Å². The number of hydrogen-bond donors (Lipinski definition) is 1. The summed E-state index contributed by atoms with van der Waals surface area (Å²) in [5.41, 5.74) is 3.27. The van der Waals surface area contributed by atoms with E-state index in [9.17, 15) is 5.11 Å². The summed E-state index contributed by atoms with van der Waals surface area (Å²) in [6.07, 6.45) is 3.77. The molecule has 1 unspecified atom stereocenters. The van der Waals surface area contributed by atoms with Gasteiger partial charge in [-0.3, -0.25) is 4.98 Å². The Bertz CT molecular complexity index is 593. The number of aliphatic hydroxyl groups is 1. The number of nitrogens with zero attached hydrogens (tertiary/aromatic N) is 1. The molecular formula is C16H18ClNO. The van der Waals surface area contributed by atoms with Crippen molar-refractivity contribution < 1.29 is 5.11 Å². The molecule has 2 aromatic rings. The molecule has 1 aromatic carbocycles. The van der Waals surface area contributed by atoms with Gasteiger partial charge in [0.15, 0.2) is 0 Å². The lowest BCUT2D eigenvalue weighted by Gasteiger charge is -2.25. The molecule has 0 saturated heterocycles. The molecule has 3 heteroatoms. The van der Waals surface area contributed by atoms with Crippen molar-refractivity contribution >= 4 is 11.6 Å². The van der Waals surface area contributed by atoms with E-state index in [1.54, 1.807) is 12.4 Å². The molecule has 0 fully saturated rings. The van der Waals surface area contributed by atoms with Gasteiger partial charge in [-0.25, -0.2) is 0 Å². The Balaban J connectivity index is 2.32. The lowest BCUT2D eigenvalue weighted by molar-refractivity contribution is 0.0575. The van der Waals surface area contributed by atoms with E-state index in [1.807, 2.05) is 38.1 Å². The zero-order chi connectivity index (χ0) is 14.0. The van der Waals surface area contributed by atoms with Crippen LogP contribution in [-0.2, 0) is 12.0 Å². The normalized spacial score (nSPS) is 14.2. The van der Waals surface area contributed by atoms with Gasteiger partial charge in [-0.2, -0.15) is 0 Å². The third-order valence-electron chi connectivity index (χ3n) is 3.52. The number of rotatable bonds is 3. The van der Waals surface area contributed by atoms with Gasteiger partial charge in [0.1, 0.15) is 0 Å². The van der Waals surface area contributed by atoms with Gasteiger partial charge in [0.05, 0.1) is 10.6 Å². The van der Waals surface area contributed by atoms with Crippen molar-refractivity contribution in [1.82, 2.24) is 4.98 Å². The van der Waals surface area contributed by atoms with Crippen molar-refractivity contribution in [2.75, 3.05) is 0 Å². The number of aryl methyl sites for hydroxylation is 2. The van der Waals surface area contributed by atoms with E-state index in [2.05, 4.69) is 11.9 Å². The fourth-order valence-corrected chi connectivity index (χ4v) is 2.28. The number of benzene rings is 1. The fourth-order valence-electron chi connectivity index (χ4n) is 2.10. The third-order valence-corrected chi connectivity index (χ3v) is 3.86. The Morgan fingerprint density at radius 1 is 1.21 bits per heavy atom. The first-order valence-corrected chi connectivity index (χ1v) is 6.66. The number of aromatic nitrogens is 1. The van der Waals surface area contributed by atoms with Crippen LogP contribution < -0.4 is 0 Å². The van der Waals surface area contributed by atoms with Crippen LogP contribution in [0.2, 0.25) is 5.02 Å². The Morgan fingerprint density at radius 2 is 1.95 bits per heavy atom. The number of hydrogen-bond acceptors (Lipinski definition) is 2. The molecule has 0 aliphatic rings. The molecule has 0 aliphatic carbocycles. The highest BCUT2D eigenvalue weighted by Crippen LogP contribution is 2.29. The second kappa shape index (κ2) is 5.32. The maximum atomic E-state index is 10.7. The average Bonchev–Trinajstić information content (AvgIpc) is 2.35. The fraction of sp³-hybridized carbons (Fsp3) is 0.312. The minimum atomic E-state index is -0.941. The lowest BCUT2D eigenvalue weighted by atomic mass is 9.88. The van der Waals surface area contributed by atoms with Crippen molar-refractivity contribution in [3.63, 3.8) is 0 Å². The van der Waals surface area contributed by atoms with Gasteiger partial charge < -0.3 is 5.11 Å². The molecule has 2 nitrogen and oxygen atoms in total. The summed E-state index contributed by atoms with van der Waals surface area (Å²) in [4.78, 5) is 3.96. The van der Waals surface area contributed by atoms with Crippen molar-refractivity contribution in [2.24, 2.45) is 0 Å². The Kier molecular flexibility index (Phi) is 3.93. The predicted molar refractivity (Wildman–Crippen MR) is 78.4 cm³/mol. The molecule has 1 aromatic heterocycles. The summed E-state index contributed by atoms with van der Waals surface area (Å²) in [5.74, 6) is 0. The van der Waals surface area contributed by atoms with Crippen LogP contribution in [-0.4, -0.2) is 10.1 Å². The molecule has 0 bridgehead atoms. The molecule has 100 valence electrons. The van der Waals surface area contributed by atoms with Crippen molar-refractivity contribution in [2.45, 2.75) is 32.8 Å². The quantitative estimate of drug-likeness (QED) is 0.924.